The summed E-state index contributed by atoms with van der Waals surface area (Å²) in [5.41, 5.74) is 7.89. The molecule has 1 aliphatic heterocycles. The van der Waals surface area contributed by atoms with Crippen LogP contribution in [0, 0.1) is 16.0 Å². The second kappa shape index (κ2) is 9.14. The lowest BCUT2D eigenvalue weighted by Gasteiger charge is -2.31. The third-order valence-electron chi connectivity index (χ3n) is 6.09. The van der Waals surface area contributed by atoms with E-state index >= 15 is 0 Å². The molecule has 176 valence electrons. The van der Waals surface area contributed by atoms with Gasteiger partial charge in [-0.15, -0.1) is 11.3 Å². The molecule has 0 unspecified atom stereocenters. The van der Waals surface area contributed by atoms with Crippen LogP contribution in [0.25, 0.3) is 21.4 Å². The highest BCUT2D eigenvalue weighted by atomic mass is 32.2. The van der Waals surface area contributed by atoms with Gasteiger partial charge in [0.05, 0.1) is 15.1 Å². The number of thiazole rings is 1. The van der Waals surface area contributed by atoms with E-state index in [2.05, 4.69) is 15.0 Å². The van der Waals surface area contributed by atoms with Crippen molar-refractivity contribution in [3.05, 3.63) is 34.6 Å². The van der Waals surface area contributed by atoms with Crippen molar-refractivity contribution in [2.24, 2.45) is 5.92 Å². The molecule has 0 aliphatic carbocycles. The van der Waals surface area contributed by atoms with Crippen LogP contribution in [0.15, 0.2) is 34.0 Å². The van der Waals surface area contributed by atoms with Crippen molar-refractivity contribution in [2.45, 2.75) is 42.2 Å². The number of carbonyl (C=O) groups is 1. The number of amides is 1. The Kier molecular flexibility index (Phi) is 6.04. The Hall–Kier alpha value is -3.32. The Balaban J connectivity index is 1.40. The van der Waals surface area contributed by atoms with Crippen LogP contribution in [0.1, 0.15) is 26.2 Å². The Labute approximate surface area is 202 Å². The number of fused-ring (bicyclic) bond motifs is 2. The van der Waals surface area contributed by atoms with E-state index < -0.39 is 4.92 Å². The van der Waals surface area contributed by atoms with Crippen molar-refractivity contribution >= 4 is 61.9 Å². The van der Waals surface area contributed by atoms with Gasteiger partial charge in [-0.2, -0.15) is 0 Å². The molecule has 1 amide bonds. The zero-order chi connectivity index (χ0) is 23.8. The van der Waals surface area contributed by atoms with Crippen LogP contribution in [-0.2, 0) is 11.3 Å². The number of nitro groups is 1. The van der Waals surface area contributed by atoms with Gasteiger partial charge in [0.1, 0.15) is 6.33 Å². The van der Waals surface area contributed by atoms with Crippen molar-refractivity contribution in [3.8, 4) is 0 Å². The molecule has 13 heteroatoms. The standard InChI is InChI=1S/C21H22N8O3S2/c1-12(30)27-7-4-13(5-8-27)6-9-28-19-17(18(22)23-11-24-19)26-20(28)34-21-25-15-10-14(29(31)32)2-3-16(15)33-21/h2-3,10-11,13H,4-9H2,1H3,(H2,22,23,24). The predicted octanol–water partition coefficient (Wildman–Crippen LogP) is 3.73. The first-order chi connectivity index (χ1) is 16.4. The second-order valence-corrected chi connectivity index (χ2v) is 10.5. The maximum Gasteiger partial charge on any atom is 0.271 e. The number of non-ortho nitro benzene ring substituents is 1. The van der Waals surface area contributed by atoms with E-state index in [0.717, 1.165) is 41.4 Å². The number of piperidine rings is 1. The third-order valence-corrected chi connectivity index (χ3v) is 8.18. The van der Waals surface area contributed by atoms with Gasteiger partial charge in [0, 0.05) is 38.7 Å². The molecule has 1 aliphatic rings. The number of nitro benzene ring substituents is 1. The first-order valence-corrected chi connectivity index (χ1v) is 12.5. The molecule has 5 rings (SSSR count). The average molecular weight is 499 g/mol. The topological polar surface area (TPSA) is 146 Å². The Morgan fingerprint density at radius 1 is 1.29 bits per heavy atom. The highest BCUT2D eigenvalue weighted by Gasteiger charge is 2.23. The number of imidazole rings is 1. The fourth-order valence-corrected chi connectivity index (χ4v) is 6.25. The number of hydrogen-bond acceptors (Lipinski definition) is 10. The van der Waals surface area contributed by atoms with Gasteiger partial charge in [0.2, 0.25) is 5.91 Å². The molecule has 0 spiro atoms. The van der Waals surface area contributed by atoms with Crippen molar-refractivity contribution in [1.82, 2.24) is 29.4 Å². The van der Waals surface area contributed by atoms with Crippen LogP contribution in [0.3, 0.4) is 0 Å². The normalized spacial score (nSPS) is 14.8. The zero-order valence-corrected chi connectivity index (χ0v) is 20.0. The van der Waals surface area contributed by atoms with E-state index in [4.69, 9.17) is 10.7 Å². The van der Waals surface area contributed by atoms with E-state index in [1.807, 2.05) is 9.47 Å². The Morgan fingerprint density at radius 3 is 2.82 bits per heavy atom. The molecule has 1 saturated heterocycles. The summed E-state index contributed by atoms with van der Waals surface area (Å²) in [6, 6.07) is 4.68. The largest absolute Gasteiger partial charge is 0.382 e. The highest BCUT2D eigenvalue weighted by Crippen LogP contribution is 2.37. The number of anilines is 1. The molecule has 3 aromatic heterocycles. The summed E-state index contributed by atoms with van der Waals surface area (Å²) in [4.78, 5) is 42.0. The SMILES string of the molecule is CC(=O)N1CCC(CCn2c(Sc3nc4cc([N+](=O)[O-])ccc4s3)nc3c(N)ncnc32)CC1. The average Bonchev–Trinajstić information content (AvgIpc) is 3.38. The van der Waals surface area contributed by atoms with Crippen LogP contribution < -0.4 is 5.73 Å². The number of nitrogens with two attached hydrogens (primary N) is 1. The molecule has 34 heavy (non-hydrogen) atoms. The quantitative estimate of drug-likeness (QED) is 0.310. The lowest BCUT2D eigenvalue weighted by atomic mass is 9.93. The van der Waals surface area contributed by atoms with Crippen molar-refractivity contribution < 1.29 is 9.72 Å². The number of aryl methyl sites for hydroxylation is 1. The molecule has 2 N–H and O–H groups in total. The fourth-order valence-electron chi connectivity index (χ4n) is 4.19. The van der Waals surface area contributed by atoms with Crippen LogP contribution >= 0.6 is 23.1 Å². The van der Waals surface area contributed by atoms with Gasteiger partial charge in [-0.05, 0) is 43.0 Å². The second-order valence-electron chi connectivity index (χ2n) is 8.21. The van der Waals surface area contributed by atoms with Gasteiger partial charge in [-0.3, -0.25) is 14.9 Å². The lowest BCUT2D eigenvalue weighted by molar-refractivity contribution is -0.384. The number of benzene rings is 1. The van der Waals surface area contributed by atoms with E-state index in [9.17, 15) is 14.9 Å². The summed E-state index contributed by atoms with van der Waals surface area (Å²) in [5.74, 6) is 0.958. The number of carbonyl (C=O) groups excluding carboxylic acids is 1. The minimum absolute atomic E-state index is 0.0143. The predicted molar refractivity (Wildman–Crippen MR) is 130 cm³/mol. The first-order valence-electron chi connectivity index (χ1n) is 10.8. The highest BCUT2D eigenvalue weighted by molar-refractivity contribution is 8.01. The first kappa shape index (κ1) is 22.5. The minimum Gasteiger partial charge on any atom is -0.382 e. The van der Waals surface area contributed by atoms with Crippen LogP contribution in [0.5, 0.6) is 0 Å². The maximum absolute atomic E-state index is 11.6. The fraction of sp³-hybridized carbons (Fsp3) is 0.381. The summed E-state index contributed by atoms with van der Waals surface area (Å²) in [7, 11) is 0. The summed E-state index contributed by atoms with van der Waals surface area (Å²) >= 11 is 2.85. The molecule has 0 atom stereocenters. The summed E-state index contributed by atoms with van der Waals surface area (Å²) in [6.07, 6.45) is 4.32. The molecular weight excluding hydrogens is 476 g/mol. The molecule has 0 bridgehead atoms. The number of aromatic nitrogens is 5. The van der Waals surface area contributed by atoms with Crippen molar-refractivity contribution in [2.75, 3.05) is 18.8 Å². The Morgan fingerprint density at radius 2 is 2.09 bits per heavy atom. The summed E-state index contributed by atoms with van der Waals surface area (Å²) < 4.78 is 3.64. The molecule has 4 aromatic rings. The number of nitrogens with zero attached hydrogens (tertiary/aromatic N) is 7. The lowest BCUT2D eigenvalue weighted by Crippen LogP contribution is -2.37. The van der Waals surface area contributed by atoms with Gasteiger partial charge in [0.25, 0.3) is 5.69 Å². The monoisotopic (exact) mass is 498 g/mol. The molecule has 1 aromatic carbocycles. The number of hydrogen-bond donors (Lipinski definition) is 1. The molecule has 11 nitrogen and oxygen atoms in total. The van der Waals surface area contributed by atoms with Crippen molar-refractivity contribution in [3.63, 3.8) is 0 Å². The smallest absolute Gasteiger partial charge is 0.271 e. The van der Waals surface area contributed by atoms with Gasteiger partial charge in [-0.25, -0.2) is 19.9 Å². The van der Waals surface area contributed by atoms with Gasteiger partial charge in [-0.1, -0.05) is 0 Å². The molecule has 0 radical (unpaired) electrons. The van der Waals surface area contributed by atoms with Crippen LogP contribution in [-0.4, -0.2) is 53.3 Å². The molecule has 1 fully saturated rings. The van der Waals surface area contributed by atoms with E-state index in [1.165, 1.54) is 41.6 Å². The molecule has 0 saturated carbocycles. The molecule has 4 heterocycles. The molecular formula is C21H22N8O3S2. The van der Waals surface area contributed by atoms with E-state index in [-0.39, 0.29) is 11.6 Å². The van der Waals surface area contributed by atoms with E-state index in [0.29, 0.717) is 40.1 Å². The number of likely N-dealkylation sites (tertiary alicyclic amines) is 1. The van der Waals surface area contributed by atoms with Gasteiger partial charge < -0.3 is 15.2 Å². The Bertz CT molecular complexity index is 1390. The van der Waals surface area contributed by atoms with Gasteiger partial charge in [0.15, 0.2) is 26.5 Å². The summed E-state index contributed by atoms with van der Waals surface area (Å²) in [6.45, 7) is 3.90. The van der Waals surface area contributed by atoms with Crippen LogP contribution in [0.4, 0.5) is 11.5 Å². The van der Waals surface area contributed by atoms with Gasteiger partial charge >= 0.3 is 0 Å². The third kappa shape index (κ3) is 4.40. The number of rotatable bonds is 6. The summed E-state index contributed by atoms with van der Waals surface area (Å²) in [5, 5.41) is 11.8. The van der Waals surface area contributed by atoms with E-state index in [1.54, 1.807) is 13.0 Å². The number of nitrogen functional groups attached to an aromatic ring is 1. The minimum atomic E-state index is -0.423. The zero-order valence-electron chi connectivity index (χ0n) is 18.4. The van der Waals surface area contributed by atoms with Crippen LogP contribution in [0.2, 0.25) is 0 Å². The maximum atomic E-state index is 11.6. The van der Waals surface area contributed by atoms with Crippen molar-refractivity contribution in [1.29, 1.82) is 0 Å².